The molecule has 0 fully saturated rings. The number of urea groups is 1. The summed E-state index contributed by atoms with van der Waals surface area (Å²) in [5.74, 6) is 1.59. The van der Waals surface area contributed by atoms with Crippen molar-refractivity contribution in [3.05, 3.63) is 114 Å². The maximum Gasteiger partial charge on any atom is 0.318 e. The van der Waals surface area contributed by atoms with Gasteiger partial charge in [-0.25, -0.2) is 4.79 Å². The maximum absolute atomic E-state index is 13.7. The van der Waals surface area contributed by atoms with Crippen molar-refractivity contribution in [3.8, 4) is 17.2 Å². The smallest absolute Gasteiger partial charge is 0.318 e. The zero-order valence-electron chi connectivity index (χ0n) is 20.0. The maximum atomic E-state index is 13.7. The first-order chi connectivity index (χ1) is 17.2. The third-order valence-corrected chi connectivity index (χ3v) is 6.31. The average molecular weight is 468 g/mol. The molecule has 0 saturated carbocycles. The molecule has 1 aliphatic rings. The van der Waals surface area contributed by atoms with Crippen LogP contribution in [-0.4, -0.2) is 29.2 Å². The number of para-hydroxylation sites is 1. The van der Waals surface area contributed by atoms with E-state index in [0.29, 0.717) is 19.7 Å². The third kappa shape index (κ3) is 4.60. The summed E-state index contributed by atoms with van der Waals surface area (Å²) in [6.07, 6.45) is 2.06. The van der Waals surface area contributed by atoms with Crippen LogP contribution in [0.1, 0.15) is 35.3 Å². The van der Waals surface area contributed by atoms with Gasteiger partial charge in [0.2, 0.25) is 0 Å². The second-order valence-electron chi connectivity index (χ2n) is 8.47. The molecule has 0 spiro atoms. The van der Waals surface area contributed by atoms with Gasteiger partial charge in [-0.3, -0.25) is 0 Å². The van der Waals surface area contributed by atoms with Gasteiger partial charge < -0.3 is 24.3 Å². The van der Waals surface area contributed by atoms with Crippen molar-refractivity contribution in [1.29, 1.82) is 0 Å². The van der Waals surface area contributed by atoms with Crippen molar-refractivity contribution >= 4 is 6.03 Å². The van der Waals surface area contributed by atoms with E-state index < -0.39 is 0 Å². The van der Waals surface area contributed by atoms with Crippen LogP contribution in [0.5, 0.6) is 11.5 Å². The summed E-state index contributed by atoms with van der Waals surface area (Å²) in [6, 6.07) is 27.7. The largest absolute Gasteiger partial charge is 0.497 e. The van der Waals surface area contributed by atoms with E-state index in [1.807, 2.05) is 78.6 Å². The third-order valence-electron chi connectivity index (χ3n) is 6.31. The Morgan fingerprint density at radius 1 is 0.971 bits per heavy atom. The highest BCUT2D eigenvalue weighted by Gasteiger charge is 2.32. The number of nitrogens with one attached hydrogen (secondary N) is 1. The number of carbonyl (C=O) groups excluding carboxylic acids is 1. The highest BCUT2D eigenvalue weighted by molar-refractivity contribution is 5.76. The van der Waals surface area contributed by atoms with Crippen LogP contribution >= 0.6 is 0 Å². The molecule has 35 heavy (non-hydrogen) atoms. The molecule has 6 nitrogen and oxygen atoms in total. The molecule has 2 amide bonds. The molecule has 1 N–H and O–H groups in total. The molecule has 0 radical (unpaired) electrons. The van der Waals surface area contributed by atoms with E-state index in [1.165, 1.54) is 0 Å². The van der Waals surface area contributed by atoms with Crippen LogP contribution < -0.4 is 14.8 Å². The minimum absolute atomic E-state index is 0.129. The fourth-order valence-corrected chi connectivity index (χ4v) is 4.66. The standard InChI is InChI=1S/C29H29N3O3/c1-3-35-24-15-13-22(14-16-24)28-27-12-7-17-31(27)26-11-5-4-9-23(26)20-32(28)29(33)30-19-21-8-6-10-25(18-21)34-2/h4-18,28H,3,19-20H2,1-2H3,(H,30,33)/t28-/m0/s1. The second kappa shape index (κ2) is 9.97. The van der Waals surface area contributed by atoms with E-state index in [4.69, 9.17) is 9.47 Å². The van der Waals surface area contributed by atoms with Gasteiger partial charge in [-0.1, -0.05) is 42.5 Å². The second-order valence-corrected chi connectivity index (χ2v) is 8.47. The molecule has 1 aromatic heterocycles. The molecule has 0 bridgehead atoms. The Kier molecular flexibility index (Phi) is 6.44. The number of hydrogen-bond donors (Lipinski definition) is 1. The molecular weight excluding hydrogens is 438 g/mol. The van der Waals surface area contributed by atoms with Crippen molar-refractivity contribution in [2.24, 2.45) is 0 Å². The first kappa shape index (κ1) is 22.6. The molecule has 3 aromatic carbocycles. The number of benzene rings is 3. The summed E-state index contributed by atoms with van der Waals surface area (Å²) in [6.45, 7) is 3.47. The number of fused-ring (bicyclic) bond motifs is 3. The zero-order valence-corrected chi connectivity index (χ0v) is 20.0. The number of hydrogen-bond acceptors (Lipinski definition) is 3. The first-order valence-corrected chi connectivity index (χ1v) is 11.8. The molecule has 5 rings (SSSR count). The van der Waals surface area contributed by atoms with E-state index >= 15 is 0 Å². The normalized spacial score (nSPS) is 14.5. The highest BCUT2D eigenvalue weighted by Crippen LogP contribution is 2.37. The highest BCUT2D eigenvalue weighted by atomic mass is 16.5. The molecule has 178 valence electrons. The predicted octanol–water partition coefficient (Wildman–Crippen LogP) is 5.70. The quantitative estimate of drug-likeness (QED) is 0.396. The molecule has 1 atom stereocenters. The summed E-state index contributed by atoms with van der Waals surface area (Å²) >= 11 is 0. The van der Waals surface area contributed by atoms with Gasteiger partial charge in [-0.15, -0.1) is 0 Å². The van der Waals surface area contributed by atoms with Gasteiger partial charge >= 0.3 is 6.03 Å². The molecule has 4 aromatic rings. The lowest BCUT2D eigenvalue weighted by atomic mass is 10.0. The molecule has 1 aliphatic heterocycles. The Labute approximate surface area is 205 Å². The van der Waals surface area contributed by atoms with Crippen LogP contribution in [0.15, 0.2) is 91.1 Å². The number of ether oxygens (including phenoxy) is 2. The molecule has 2 heterocycles. The van der Waals surface area contributed by atoms with Crippen molar-refractivity contribution in [1.82, 2.24) is 14.8 Å². The number of rotatable bonds is 6. The Hall–Kier alpha value is -4.19. The van der Waals surface area contributed by atoms with E-state index in [2.05, 4.69) is 34.3 Å². The monoisotopic (exact) mass is 467 g/mol. The Morgan fingerprint density at radius 3 is 2.60 bits per heavy atom. The van der Waals surface area contributed by atoms with Gasteiger partial charge in [-0.2, -0.15) is 0 Å². The van der Waals surface area contributed by atoms with Crippen molar-refractivity contribution in [2.75, 3.05) is 13.7 Å². The minimum atomic E-state index is -0.265. The molecular formula is C29H29N3O3. The van der Waals surface area contributed by atoms with Crippen molar-refractivity contribution in [2.45, 2.75) is 26.1 Å². The van der Waals surface area contributed by atoms with E-state index in [1.54, 1.807) is 7.11 Å². The first-order valence-electron chi connectivity index (χ1n) is 11.8. The summed E-state index contributed by atoms with van der Waals surface area (Å²) < 4.78 is 13.2. The molecule has 0 aliphatic carbocycles. The SMILES string of the molecule is CCOc1ccc([C@H]2c3cccn3-c3ccccc3CN2C(=O)NCc2cccc(OC)c2)cc1. The zero-order chi connectivity index (χ0) is 24.2. The van der Waals surface area contributed by atoms with Crippen molar-refractivity contribution < 1.29 is 14.3 Å². The Bertz CT molecular complexity index is 1310. The summed E-state index contributed by atoms with van der Waals surface area (Å²) in [5, 5.41) is 3.13. The van der Waals surface area contributed by atoms with E-state index in [-0.39, 0.29) is 12.1 Å². The lowest BCUT2D eigenvalue weighted by molar-refractivity contribution is 0.180. The van der Waals surface area contributed by atoms with Gasteiger partial charge in [0.15, 0.2) is 0 Å². The molecule has 6 heteroatoms. The van der Waals surface area contributed by atoms with Gasteiger partial charge in [0.25, 0.3) is 0 Å². The number of carbonyl (C=O) groups is 1. The minimum Gasteiger partial charge on any atom is -0.497 e. The topological polar surface area (TPSA) is 55.7 Å². The molecule has 0 unspecified atom stereocenters. The number of methoxy groups -OCH3 is 1. The lowest BCUT2D eigenvalue weighted by Crippen LogP contribution is -2.41. The predicted molar refractivity (Wildman–Crippen MR) is 136 cm³/mol. The van der Waals surface area contributed by atoms with Crippen LogP contribution in [0.3, 0.4) is 0 Å². The average Bonchev–Trinajstić information content (AvgIpc) is 3.32. The fraction of sp³-hybridized carbons (Fsp3) is 0.207. The van der Waals surface area contributed by atoms with Gasteiger partial charge in [0.1, 0.15) is 11.5 Å². The Morgan fingerprint density at radius 2 is 1.80 bits per heavy atom. The summed E-state index contributed by atoms with van der Waals surface area (Å²) in [5.41, 5.74) is 5.23. The van der Waals surface area contributed by atoms with Gasteiger partial charge in [0.05, 0.1) is 32.0 Å². The van der Waals surface area contributed by atoms with Crippen LogP contribution in [0, 0.1) is 0 Å². The Balaban J connectivity index is 1.51. The molecule has 0 saturated heterocycles. The summed E-state index contributed by atoms with van der Waals surface area (Å²) in [4.78, 5) is 15.6. The van der Waals surface area contributed by atoms with Crippen LogP contribution in [0.4, 0.5) is 4.79 Å². The number of amides is 2. The summed E-state index contributed by atoms with van der Waals surface area (Å²) in [7, 11) is 1.64. The van der Waals surface area contributed by atoms with Crippen LogP contribution in [0.25, 0.3) is 5.69 Å². The van der Waals surface area contributed by atoms with Crippen LogP contribution in [-0.2, 0) is 13.1 Å². The lowest BCUT2D eigenvalue weighted by Gasteiger charge is -2.31. The van der Waals surface area contributed by atoms with E-state index in [0.717, 1.165) is 39.6 Å². The number of aromatic nitrogens is 1. The van der Waals surface area contributed by atoms with Gasteiger partial charge in [-0.05, 0) is 66.1 Å². The van der Waals surface area contributed by atoms with Crippen molar-refractivity contribution in [3.63, 3.8) is 0 Å². The fourth-order valence-electron chi connectivity index (χ4n) is 4.66. The number of nitrogens with zero attached hydrogens (tertiary/aromatic N) is 2. The van der Waals surface area contributed by atoms with E-state index in [9.17, 15) is 4.79 Å². The van der Waals surface area contributed by atoms with Gasteiger partial charge in [0, 0.05) is 18.4 Å². The van der Waals surface area contributed by atoms with Crippen LogP contribution in [0.2, 0.25) is 0 Å².